The quantitative estimate of drug-likeness (QED) is 0.924. The molecular weight excluding hydrogens is 324 g/mol. The van der Waals surface area contributed by atoms with Gasteiger partial charge in [-0.1, -0.05) is 11.3 Å². The van der Waals surface area contributed by atoms with Crippen LogP contribution < -0.4 is 5.32 Å². The summed E-state index contributed by atoms with van der Waals surface area (Å²) < 4.78 is 29.1. The Kier molecular flexibility index (Phi) is 4.16. The highest BCUT2D eigenvalue weighted by atomic mass is 32.2. The first-order valence-corrected chi connectivity index (χ1v) is 9.63. The molecule has 22 heavy (non-hydrogen) atoms. The van der Waals surface area contributed by atoms with Gasteiger partial charge in [-0.05, 0) is 31.0 Å². The summed E-state index contributed by atoms with van der Waals surface area (Å²) in [6, 6.07) is 4.78. The van der Waals surface area contributed by atoms with Crippen molar-refractivity contribution in [3.8, 4) is 0 Å². The third-order valence-electron chi connectivity index (χ3n) is 3.61. The van der Waals surface area contributed by atoms with Crippen LogP contribution in [0.1, 0.15) is 12.8 Å². The predicted octanol–water partition coefficient (Wildman–Crippen LogP) is 2.06. The highest BCUT2D eigenvalue weighted by Crippen LogP contribution is 2.29. The molecule has 2 heterocycles. The van der Waals surface area contributed by atoms with Crippen molar-refractivity contribution in [2.75, 3.05) is 24.8 Å². The number of carbonyl (C=O) groups is 1. The largest absolute Gasteiger partial charge is 0.381 e. The normalized spacial score (nSPS) is 16.8. The van der Waals surface area contributed by atoms with E-state index in [2.05, 4.69) is 10.3 Å². The highest BCUT2D eigenvalue weighted by molar-refractivity contribution is 7.90. The van der Waals surface area contributed by atoms with E-state index < -0.39 is 9.84 Å². The Balaban J connectivity index is 1.81. The van der Waals surface area contributed by atoms with E-state index in [1.165, 1.54) is 23.7 Å². The van der Waals surface area contributed by atoms with E-state index in [1.807, 2.05) is 0 Å². The molecule has 3 rings (SSSR count). The molecule has 2 aromatic rings. The molecule has 1 N–H and O–H groups in total. The first kappa shape index (κ1) is 15.4. The number of hydrogen-bond acceptors (Lipinski definition) is 6. The maximum absolute atomic E-state index is 12.2. The van der Waals surface area contributed by atoms with Crippen LogP contribution in [0.4, 0.5) is 5.13 Å². The number of fused-ring (bicyclic) bond motifs is 1. The van der Waals surface area contributed by atoms with E-state index in [0.29, 0.717) is 23.9 Å². The number of nitrogens with zero attached hydrogens (tertiary/aromatic N) is 1. The second-order valence-corrected chi connectivity index (χ2v) is 8.34. The average Bonchev–Trinajstić information content (AvgIpc) is 2.88. The second-order valence-electron chi connectivity index (χ2n) is 5.30. The molecular formula is C14H16N2O4S2. The number of carbonyl (C=O) groups excluding carboxylic acids is 1. The standard InChI is InChI=1S/C14H16N2O4S2/c1-22(18,19)10-2-3-11-12(8-10)21-14(15-11)16-13(17)9-4-6-20-7-5-9/h2-3,8-9H,4-7H2,1H3,(H,15,16,17). The molecule has 0 bridgehead atoms. The van der Waals surface area contributed by atoms with E-state index in [0.717, 1.165) is 17.5 Å². The molecule has 1 amide bonds. The lowest BCUT2D eigenvalue weighted by Crippen LogP contribution is -2.28. The maximum atomic E-state index is 12.2. The minimum absolute atomic E-state index is 0.0488. The molecule has 1 fully saturated rings. The van der Waals surface area contributed by atoms with Crippen LogP contribution in [0.5, 0.6) is 0 Å². The van der Waals surface area contributed by atoms with Crippen molar-refractivity contribution >= 4 is 42.4 Å². The molecule has 1 aromatic carbocycles. The predicted molar refractivity (Wildman–Crippen MR) is 84.9 cm³/mol. The third-order valence-corrected chi connectivity index (χ3v) is 5.65. The number of hydrogen-bond donors (Lipinski definition) is 1. The van der Waals surface area contributed by atoms with E-state index in [9.17, 15) is 13.2 Å². The zero-order chi connectivity index (χ0) is 15.7. The van der Waals surface area contributed by atoms with Crippen molar-refractivity contribution in [2.45, 2.75) is 17.7 Å². The number of nitrogens with one attached hydrogen (secondary N) is 1. The molecule has 0 spiro atoms. The number of ether oxygens (including phenoxy) is 1. The minimum Gasteiger partial charge on any atom is -0.381 e. The minimum atomic E-state index is -3.25. The monoisotopic (exact) mass is 340 g/mol. The van der Waals surface area contributed by atoms with Crippen molar-refractivity contribution in [3.05, 3.63) is 18.2 Å². The number of thiazole rings is 1. The lowest BCUT2D eigenvalue weighted by Gasteiger charge is -2.20. The zero-order valence-corrected chi connectivity index (χ0v) is 13.7. The van der Waals surface area contributed by atoms with Gasteiger partial charge in [-0.3, -0.25) is 4.79 Å². The van der Waals surface area contributed by atoms with E-state index >= 15 is 0 Å². The average molecular weight is 340 g/mol. The van der Waals surface area contributed by atoms with Crippen molar-refractivity contribution in [1.82, 2.24) is 4.98 Å². The second kappa shape index (κ2) is 5.94. The zero-order valence-electron chi connectivity index (χ0n) is 12.0. The fourth-order valence-corrected chi connectivity index (χ4v) is 3.99. The number of anilines is 1. The van der Waals surface area contributed by atoms with Crippen molar-refractivity contribution in [2.24, 2.45) is 5.92 Å². The van der Waals surface area contributed by atoms with Gasteiger partial charge in [-0.15, -0.1) is 0 Å². The summed E-state index contributed by atoms with van der Waals surface area (Å²) in [5, 5.41) is 3.32. The highest BCUT2D eigenvalue weighted by Gasteiger charge is 2.22. The number of rotatable bonds is 3. The molecule has 1 aliphatic heterocycles. The van der Waals surface area contributed by atoms with E-state index in [-0.39, 0.29) is 16.7 Å². The molecule has 0 unspecified atom stereocenters. The van der Waals surface area contributed by atoms with Gasteiger partial charge in [-0.2, -0.15) is 0 Å². The summed E-state index contributed by atoms with van der Waals surface area (Å²) in [7, 11) is -3.25. The molecule has 0 radical (unpaired) electrons. The van der Waals surface area contributed by atoms with Crippen LogP contribution in [0.3, 0.4) is 0 Å². The maximum Gasteiger partial charge on any atom is 0.229 e. The molecule has 118 valence electrons. The Morgan fingerprint density at radius 1 is 1.36 bits per heavy atom. The number of sulfone groups is 1. The topological polar surface area (TPSA) is 85.4 Å². The SMILES string of the molecule is CS(=O)(=O)c1ccc2nc(NC(=O)C3CCOCC3)sc2c1. The van der Waals surface area contributed by atoms with Gasteiger partial charge in [0.1, 0.15) is 0 Å². The summed E-state index contributed by atoms with van der Waals surface area (Å²) in [6.45, 7) is 1.21. The fourth-order valence-electron chi connectivity index (χ4n) is 2.36. The molecule has 8 heteroatoms. The van der Waals surface area contributed by atoms with E-state index in [4.69, 9.17) is 4.74 Å². The molecule has 0 aliphatic carbocycles. The Bertz CT molecular complexity index is 807. The Hall–Kier alpha value is -1.51. The Morgan fingerprint density at radius 3 is 2.77 bits per heavy atom. The number of aromatic nitrogens is 1. The first-order valence-electron chi connectivity index (χ1n) is 6.93. The van der Waals surface area contributed by atoms with Gasteiger partial charge < -0.3 is 10.1 Å². The Labute approximate surface area is 132 Å². The smallest absolute Gasteiger partial charge is 0.229 e. The molecule has 1 aromatic heterocycles. The fraction of sp³-hybridized carbons (Fsp3) is 0.429. The van der Waals surface area contributed by atoms with Gasteiger partial charge >= 0.3 is 0 Å². The van der Waals surface area contributed by atoms with Crippen molar-refractivity contribution in [1.29, 1.82) is 0 Å². The van der Waals surface area contributed by atoms with Gasteiger partial charge in [0, 0.05) is 25.4 Å². The number of amides is 1. The van der Waals surface area contributed by atoms with Crippen LogP contribution >= 0.6 is 11.3 Å². The molecule has 1 aliphatic rings. The first-order chi connectivity index (χ1) is 10.4. The molecule has 0 atom stereocenters. The van der Waals surface area contributed by atoms with Gasteiger partial charge in [-0.25, -0.2) is 13.4 Å². The molecule has 0 saturated carbocycles. The number of benzene rings is 1. The lowest BCUT2D eigenvalue weighted by molar-refractivity contribution is -0.122. The van der Waals surface area contributed by atoms with Crippen LogP contribution in [0.25, 0.3) is 10.2 Å². The van der Waals surface area contributed by atoms with Crippen LogP contribution in [-0.4, -0.2) is 38.8 Å². The summed E-state index contributed by atoms with van der Waals surface area (Å²) in [5.74, 6) is -0.0990. The van der Waals surface area contributed by atoms with Crippen LogP contribution in [0.2, 0.25) is 0 Å². The van der Waals surface area contributed by atoms with Gasteiger partial charge in [0.15, 0.2) is 15.0 Å². The van der Waals surface area contributed by atoms with Gasteiger partial charge in [0.2, 0.25) is 5.91 Å². The van der Waals surface area contributed by atoms with Crippen molar-refractivity contribution in [3.63, 3.8) is 0 Å². The lowest BCUT2D eigenvalue weighted by atomic mass is 10.00. The van der Waals surface area contributed by atoms with Gasteiger partial charge in [0.25, 0.3) is 0 Å². The summed E-state index contributed by atoms with van der Waals surface area (Å²) in [6.07, 6.45) is 2.60. The van der Waals surface area contributed by atoms with Gasteiger partial charge in [0.05, 0.1) is 15.1 Å². The van der Waals surface area contributed by atoms with Crippen molar-refractivity contribution < 1.29 is 17.9 Å². The third kappa shape index (κ3) is 3.29. The summed E-state index contributed by atoms with van der Waals surface area (Å²) >= 11 is 1.28. The Morgan fingerprint density at radius 2 is 2.09 bits per heavy atom. The summed E-state index contributed by atoms with van der Waals surface area (Å²) in [5.41, 5.74) is 0.680. The van der Waals surface area contributed by atoms with Crippen LogP contribution in [0, 0.1) is 5.92 Å². The van der Waals surface area contributed by atoms with Crippen LogP contribution in [0.15, 0.2) is 23.1 Å². The molecule has 6 nitrogen and oxygen atoms in total. The molecule has 1 saturated heterocycles. The van der Waals surface area contributed by atoms with E-state index in [1.54, 1.807) is 12.1 Å². The van der Waals surface area contributed by atoms with Crippen LogP contribution in [-0.2, 0) is 19.4 Å². The summed E-state index contributed by atoms with van der Waals surface area (Å²) in [4.78, 5) is 16.8.